The molecule has 1 aromatic heterocycles. The zero-order valence-electron chi connectivity index (χ0n) is 15.2. The van der Waals surface area contributed by atoms with Crippen molar-refractivity contribution < 1.29 is 4.74 Å². The molecule has 4 heteroatoms. The first-order valence-corrected chi connectivity index (χ1v) is 9.26. The van der Waals surface area contributed by atoms with Gasteiger partial charge in [0, 0.05) is 29.9 Å². The molecule has 2 aromatic carbocycles. The maximum atomic E-state index is 9.28. The molecule has 0 atom stereocenters. The van der Waals surface area contributed by atoms with Crippen LogP contribution in [0.2, 0.25) is 0 Å². The van der Waals surface area contributed by atoms with E-state index in [-0.39, 0.29) is 0 Å². The number of anilines is 2. The van der Waals surface area contributed by atoms with Crippen LogP contribution in [0.15, 0.2) is 90.6 Å². The Morgan fingerprint density at radius 1 is 1.00 bits per heavy atom. The second-order valence-corrected chi connectivity index (χ2v) is 6.75. The van der Waals surface area contributed by atoms with Gasteiger partial charge in [0.15, 0.2) is 5.75 Å². The van der Waals surface area contributed by atoms with Gasteiger partial charge in [-0.1, -0.05) is 36.4 Å². The van der Waals surface area contributed by atoms with E-state index in [2.05, 4.69) is 46.3 Å². The molecule has 0 saturated heterocycles. The van der Waals surface area contributed by atoms with Gasteiger partial charge >= 0.3 is 0 Å². The van der Waals surface area contributed by atoms with Crippen molar-refractivity contribution in [1.29, 1.82) is 5.26 Å². The van der Waals surface area contributed by atoms with E-state index >= 15 is 0 Å². The number of nitriles is 1. The minimum atomic E-state index is 0.548. The third-order valence-corrected chi connectivity index (χ3v) is 5.00. The van der Waals surface area contributed by atoms with Crippen LogP contribution in [0.25, 0.3) is 11.1 Å². The number of rotatable bonds is 2. The fraction of sp³-hybridized carbons (Fsp3) is 0.0833. The monoisotopic (exact) mass is 363 g/mol. The maximum Gasteiger partial charge on any atom is 0.151 e. The molecule has 0 spiro atoms. The molecule has 1 aliphatic heterocycles. The second-order valence-electron chi connectivity index (χ2n) is 6.75. The third kappa shape index (κ3) is 2.65. The number of nitrogens with zero attached hydrogens (tertiary/aromatic N) is 3. The van der Waals surface area contributed by atoms with Crippen LogP contribution in [0.4, 0.5) is 11.4 Å². The Hall–Kier alpha value is -3.84. The number of allylic oxidation sites excluding steroid dienone is 3. The number of ether oxygens (including phenoxy) is 1. The summed E-state index contributed by atoms with van der Waals surface area (Å²) in [4.78, 5) is 6.50. The average Bonchev–Trinajstić information content (AvgIpc) is 2.77. The van der Waals surface area contributed by atoms with E-state index in [9.17, 15) is 5.26 Å². The van der Waals surface area contributed by atoms with Gasteiger partial charge in [-0.25, -0.2) is 0 Å². The van der Waals surface area contributed by atoms with Gasteiger partial charge in [0.2, 0.25) is 0 Å². The van der Waals surface area contributed by atoms with E-state index in [1.54, 1.807) is 12.4 Å². The topological polar surface area (TPSA) is 49.2 Å². The normalized spacial score (nSPS) is 14.8. The molecular weight excluding hydrogens is 346 g/mol. The molecule has 134 valence electrons. The Labute approximate surface area is 163 Å². The summed E-state index contributed by atoms with van der Waals surface area (Å²) in [6, 6.07) is 20.4. The average molecular weight is 363 g/mol. The highest BCUT2D eigenvalue weighted by atomic mass is 16.5. The summed E-state index contributed by atoms with van der Waals surface area (Å²) >= 11 is 0. The van der Waals surface area contributed by atoms with E-state index in [0.717, 1.165) is 52.5 Å². The van der Waals surface area contributed by atoms with Gasteiger partial charge in [0.25, 0.3) is 0 Å². The van der Waals surface area contributed by atoms with Crippen LogP contribution in [-0.4, -0.2) is 4.98 Å². The minimum Gasteiger partial charge on any atom is -0.457 e. The molecule has 0 fully saturated rings. The van der Waals surface area contributed by atoms with Crippen molar-refractivity contribution >= 4 is 11.4 Å². The number of pyridine rings is 1. The van der Waals surface area contributed by atoms with Gasteiger partial charge < -0.3 is 9.64 Å². The number of hydrogen-bond donors (Lipinski definition) is 0. The fourth-order valence-electron chi connectivity index (χ4n) is 3.74. The quantitative estimate of drug-likeness (QED) is 0.585. The number of fused-ring (bicyclic) bond motifs is 1. The lowest BCUT2D eigenvalue weighted by Gasteiger charge is -2.36. The van der Waals surface area contributed by atoms with E-state index in [0.29, 0.717) is 5.56 Å². The van der Waals surface area contributed by atoms with Crippen molar-refractivity contribution in [3.8, 4) is 22.9 Å². The Morgan fingerprint density at radius 3 is 2.71 bits per heavy atom. The van der Waals surface area contributed by atoms with Crippen LogP contribution in [0, 0.1) is 11.3 Å². The van der Waals surface area contributed by atoms with Crippen molar-refractivity contribution in [3.05, 3.63) is 96.2 Å². The number of aromatic nitrogens is 1. The number of hydrogen-bond acceptors (Lipinski definition) is 4. The van der Waals surface area contributed by atoms with Crippen LogP contribution in [0.5, 0.6) is 5.75 Å². The lowest BCUT2D eigenvalue weighted by atomic mass is 10.00. The van der Waals surface area contributed by atoms with Crippen molar-refractivity contribution in [2.45, 2.75) is 12.8 Å². The molecular formula is C24H17N3O. The summed E-state index contributed by atoms with van der Waals surface area (Å²) in [6.45, 7) is 0. The van der Waals surface area contributed by atoms with Crippen LogP contribution < -0.4 is 9.64 Å². The van der Waals surface area contributed by atoms with Gasteiger partial charge in [-0.05, 0) is 36.8 Å². The first-order valence-electron chi connectivity index (χ1n) is 9.26. The first kappa shape index (κ1) is 16.3. The Bertz CT molecular complexity index is 1170. The third-order valence-electron chi connectivity index (χ3n) is 5.00. The van der Waals surface area contributed by atoms with Gasteiger partial charge in [0.1, 0.15) is 11.8 Å². The van der Waals surface area contributed by atoms with E-state index in [1.165, 1.54) is 0 Å². The van der Waals surface area contributed by atoms with E-state index in [4.69, 9.17) is 4.74 Å². The van der Waals surface area contributed by atoms with Gasteiger partial charge in [-0.15, -0.1) is 0 Å². The highest BCUT2D eigenvalue weighted by Gasteiger charge is 2.29. The summed E-state index contributed by atoms with van der Waals surface area (Å²) in [5.74, 6) is 1.84. The molecule has 0 radical (unpaired) electrons. The minimum absolute atomic E-state index is 0.548. The van der Waals surface area contributed by atoms with Gasteiger partial charge in [-0.3, -0.25) is 4.98 Å². The van der Waals surface area contributed by atoms with Crippen molar-refractivity contribution in [2.75, 3.05) is 4.90 Å². The van der Waals surface area contributed by atoms with E-state index < -0.39 is 0 Å². The Kier molecular flexibility index (Phi) is 3.92. The zero-order valence-corrected chi connectivity index (χ0v) is 15.2. The lowest BCUT2D eigenvalue weighted by molar-refractivity contribution is 0.388. The summed E-state index contributed by atoms with van der Waals surface area (Å²) in [5, 5.41) is 9.28. The SMILES string of the molecule is N#Cc1cncc(-c2ccccc2N2C3=C(CCC=C3)Oc3ccccc32)c1. The highest BCUT2D eigenvalue weighted by Crippen LogP contribution is 2.47. The Balaban J connectivity index is 1.74. The molecule has 4 nitrogen and oxygen atoms in total. The summed E-state index contributed by atoms with van der Waals surface area (Å²) in [5.41, 5.74) is 5.59. The molecule has 2 heterocycles. The molecule has 1 aliphatic carbocycles. The van der Waals surface area contributed by atoms with Gasteiger partial charge in [0.05, 0.1) is 22.6 Å². The fourth-order valence-corrected chi connectivity index (χ4v) is 3.74. The standard InChI is InChI=1S/C24H17N3O/c25-14-17-13-18(16-26-15-17)19-7-1-2-8-20(19)27-21-9-3-5-11-23(21)28-24-12-6-4-10-22(24)27/h1-5,7-11,13,15-16H,6,12H2. The summed E-state index contributed by atoms with van der Waals surface area (Å²) in [6.07, 6.45) is 9.56. The Morgan fingerprint density at radius 2 is 1.82 bits per heavy atom. The van der Waals surface area contributed by atoms with Crippen LogP contribution in [-0.2, 0) is 0 Å². The first-order chi connectivity index (χ1) is 13.8. The summed E-state index contributed by atoms with van der Waals surface area (Å²) in [7, 11) is 0. The molecule has 2 aliphatic rings. The smallest absolute Gasteiger partial charge is 0.151 e. The molecule has 0 saturated carbocycles. The molecule has 28 heavy (non-hydrogen) atoms. The predicted octanol–water partition coefficient (Wildman–Crippen LogP) is 5.71. The zero-order chi connectivity index (χ0) is 18.9. The molecule has 0 N–H and O–H groups in total. The molecule has 0 bridgehead atoms. The van der Waals surface area contributed by atoms with Crippen molar-refractivity contribution in [3.63, 3.8) is 0 Å². The predicted molar refractivity (Wildman–Crippen MR) is 109 cm³/mol. The molecule has 5 rings (SSSR count). The maximum absolute atomic E-state index is 9.28. The molecule has 0 amide bonds. The molecule has 3 aromatic rings. The van der Waals surface area contributed by atoms with Crippen LogP contribution in [0.1, 0.15) is 18.4 Å². The van der Waals surface area contributed by atoms with Crippen LogP contribution in [0.3, 0.4) is 0 Å². The van der Waals surface area contributed by atoms with Crippen molar-refractivity contribution in [2.24, 2.45) is 0 Å². The number of para-hydroxylation sites is 3. The largest absolute Gasteiger partial charge is 0.457 e. The second kappa shape index (κ2) is 6.71. The van der Waals surface area contributed by atoms with Crippen molar-refractivity contribution in [1.82, 2.24) is 4.98 Å². The lowest BCUT2D eigenvalue weighted by Crippen LogP contribution is -2.25. The number of benzene rings is 2. The summed E-state index contributed by atoms with van der Waals surface area (Å²) < 4.78 is 6.20. The highest BCUT2D eigenvalue weighted by molar-refractivity contribution is 5.87. The molecule has 0 unspecified atom stereocenters. The van der Waals surface area contributed by atoms with E-state index in [1.807, 2.05) is 36.4 Å². The van der Waals surface area contributed by atoms with Crippen LogP contribution >= 0.6 is 0 Å². The van der Waals surface area contributed by atoms with Gasteiger partial charge in [-0.2, -0.15) is 5.26 Å².